The number of alkyl halides is 2. The van der Waals surface area contributed by atoms with Crippen molar-refractivity contribution in [2.24, 2.45) is 5.92 Å². The summed E-state index contributed by atoms with van der Waals surface area (Å²) in [5, 5.41) is 4.11. The number of hydrogen-bond donors (Lipinski definition) is 1. The second kappa shape index (κ2) is 7.15. The van der Waals surface area contributed by atoms with Gasteiger partial charge in [0.2, 0.25) is 0 Å². The van der Waals surface area contributed by atoms with Crippen molar-refractivity contribution in [2.45, 2.75) is 59.0 Å². The summed E-state index contributed by atoms with van der Waals surface area (Å²) >= 11 is 0. The zero-order valence-corrected chi connectivity index (χ0v) is 17.8. The highest BCUT2D eigenvalue weighted by Crippen LogP contribution is 2.49. The van der Waals surface area contributed by atoms with E-state index in [-0.39, 0.29) is 22.7 Å². The normalized spacial score (nSPS) is 21.8. The van der Waals surface area contributed by atoms with E-state index in [4.69, 9.17) is 0 Å². The van der Waals surface area contributed by atoms with Gasteiger partial charge in [-0.05, 0) is 51.2 Å². The average molecular weight is 412 g/mol. The van der Waals surface area contributed by atoms with Crippen molar-refractivity contribution in [1.82, 2.24) is 14.5 Å². The number of pyridine rings is 1. The van der Waals surface area contributed by atoms with Crippen LogP contribution in [0.4, 0.5) is 14.6 Å². The lowest BCUT2D eigenvalue weighted by molar-refractivity contribution is 0.150. The number of aryl methyl sites for hydroxylation is 1. The van der Waals surface area contributed by atoms with Gasteiger partial charge in [-0.25, -0.2) is 18.7 Å². The Bertz CT molecular complexity index is 1190. The number of halogens is 2. The molecule has 0 aliphatic heterocycles. The van der Waals surface area contributed by atoms with Crippen LogP contribution < -0.4 is 10.9 Å². The van der Waals surface area contributed by atoms with Gasteiger partial charge >= 0.3 is 0 Å². The Kier molecular flexibility index (Phi) is 4.87. The third kappa shape index (κ3) is 3.36. The standard InChI is InChI=1S/C23H26F2N4O/c1-12-10-23(12,5)29-11-18-19(9-20(29)30)27-15(4)28-22(18)26-14(3)16-7-6-8-17(13(16)2)21(24)25/h6-9,11-12,14,21H,10H2,1-5H3,(H,26,27,28)/t12?,14-,23?/m1/s1. The van der Waals surface area contributed by atoms with Crippen LogP contribution in [0, 0.1) is 19.8 Å². The molecule has 0 radical (unpaired) electrons. The Morgan fingerprint density at radius 1 is 1.23 bits per heavy atom. The van der Waals surface area contributed by atoms with Crippen LogP contribution in [0.5, 0.6) is 0 Å². The summed E-state index contributed by atoms with van der Waals surface area (Å²) < 4.78 is 28.4. The molecule has 7 heteroatoms. The topological polar surface area (TPSA) is 59.8 Å². The van der Waals surface area contributed by atoms with Crippen molar-refractivity contribution in [3.8, 4) is 0 Å². The summed E-state index contributed by atoms with van der Waals surface area (Å²) in [7, 11) is 0. The molecule has 158 valence electrons. The number of anilines is 1. The maximum absolute atomic E-state index is 13.3. The van der Waals surface area contributed by atoms with Crippen LogP contribution in [-0.4, -0.2) is 14.5 Å². The molecule has 0 amide bonds. The Morgan fingerprint density at radius 3 is 2.53 bits per heavy atom. The van der Waals surface area contributed by atoms with Crippen LogP contribution in [0.25, 0.3) is 10.9 Å². The third-order valence-corrected chi connectivity index (χ3v) is 6.49. The SMILES string of the molecule is Cc1nc(N[C@H](C)c2cccc(C(F)F)c2C)c2cn(C3(C)CC3C)c(=O)cc2n1. The van der Waals surface area contributed by atoms with E-state index < -0.39 is 6.43 Å². The van der Waals surface area contributed by atoms with Gasteiger partial charge in [0.05, 0.1) is 16.9 Å². The average Bonchev–Trinajstić information content (AvgIpc) is 3.28. The van der Waals surface area contributed by atoms with Crippen LogP contribution in [0.15, 0.2) is 35.3 Å². The third-order valence-electron chi connectivity index (χ3n) is 6.49. The van der Waals surface area contributed by atoms with Crippen molar-refractivity contribution < 1.29 is 8.78 Å². The number of hydrogen-bond acceptors (Lipinski definition) is 4. The molecule has 0 spiro atoms. The van der Waals surface area contributed by atoms with E-state index >= 15 is 0 Å². The summed E-state index contributed by atoms with van der Waals surface area (Å²) in [5.41, 5.74) is 1.70. The van der Waals surface area contributed by atoms with Crippen LogP contribution in [0.2, 0.25) is 0 Å². The summed E-state index contributed by atoms with van der Waals surface area (Å²) in [4.78, 5) is 21.7. The molecule has 1 aliphatic rings. The molecule has 30 heavy (non-hydrogen) atoms. The Labute approximate surface area is 174 Å². The number of nitrogens with zero attached hydrogens (tertiary/aromatic N) is 3. The fourth-order valence-electron chi connectivity index (χ4n) is 4.29. The molecule has 2 heterocycles. The quantitative estimate of drug-likeness (QED) is 0.620. The van der Waals surface area contributed by atoms with Crippen molar-refractivity contribution in [2.75, 3.05) is 5.32 Å². The van der Waals surface area contributed by atoms with Gasteiger partial charge in [0.1, 0.15) is 11.6 Å². The largest absolute Gasteiger partial charge is 0.363 e. The molecular formula is C23H26F2N4O. The van der Waals surface area contributed by atoms with Gasteiger partial charge in [0.15, 0.2) is 0 Å². The molecule has 2 unspecified atom stereocenters. The fraction of sp³-hybridized carbons (Fsp3) is 0.435. The summed E-state index contributed by atoms with van der Waals surface area (Å²) in [5.74, 6) is 1.56. The molecule has 0 bridgehead atoms. The van der Waals surface area contributed by atoms with Crippen molar-refractivity contribution in [3.63, 3.8) is 0 Å². The second-order valence-electron chi connectivity index (χ2n) is 8.59. The summed E-state index contributed by atoms with van der Waals surface area (Å²) in [6.45, 7) is 9.61. The highest BCUT2D eigenvalue weighted by atomic mass is 19.3. The molecule has 1 aromatic carbocycles. The lowest BCUT2D eigenvalue weighted by Crippen LogP contribution is -2.28. The smallest absolute Gasteiger partial charge is 0.264 e. The number of benzene rings is 1. The fourth-order valence-corrected chi connectivity index (χ4v) is 4.29. The monoisotopic (exact) mass is 412 g/mol. The van der Waals surface area contributed by atoms with Crippen LogP contribution in [0.3, 0.4) is 0 Å². The van der Waals surface area contributed by atoms with Gasteiger partial charge in [0, 0.05) is 23.4 Å². The number of nitrogens with one attached hydrogen (secondary N) is 1. The van der Waals surface area contributed by atoms with E-state index in [1.165, 1.54) is 6.07 Å². The number of fused-ring (bicyclic) bond motifs is 1. The van der Waals surface area contributed by atoms with Gasteiger partial charge in [-0.15, -0.1) is 0 Å². The molecule has 1 saturated carbocycles. The lowest BCUT2D eigenvalue weighted by Gasteiger charge is -2.21. The van der Waals surface area contributed by atoms with Crippen LogP contribution in [0.1, 0.15) is 62.2 Å². The van der Waals surface area contributed by atoms with Gasteiger partial charge < -0.3 is 9.88 Å². The number of aromatic nitrogens is 3. The minimum atomic E-state index is -2.52. The first-order chi connectivity index (χ1) is 14.1. The van der Waals surface area contributed by atoms with E-state index in [1.54, 1.807) is 30.5 Å². The van der Waals surface area contributed by atoms with E-state index in [9.17, 15) is 13.6 Å². The maximum atomic E-state index is 13.3. The minimum absolute atomic E-state index is 0.0364. The summed E-state index contributed by atoms with van der Waals surface area (Å²) in [6, 6.07) is 6.25. The molecule has 3 atom stereocenters. The Balaban J connectivity index is 1.78. The van der Waals surface area contributed by atoms with Gasteiger partial charge in [-0.1, -0.05) is 25.1 Å². The predicted octanol–water partition coefficient (Wildman–Crippen LogP) is 5.27. The predicted molar refractivity (Wildman–Crippen MR) is 114 cm³/mol. The molecule has 1 N–H and O–H groups in total. The molecule has 5 nitrogen and oxygen atoms in total. The molecular weight excluding hydrogens is 386 g/mol. The van der Waals surface area contributed by atoms with Gasteiger partial charge in [0.25, 0.3) is 12.0 Å². The maximum Gasteiger partial charge on any atom is 0.264 e. The first-order valence-corrected chi connectivity index (χ1v) is 10.2. The molecule has 4 rings (SSSR count). The molecule has 1 aliphatic carbocycles. The number of rotatable bonds is 5. The van der Waals surface area contributed by atoms with Crippen molar-refractivity contribution in [3.05, 3.63) is 63.3 Å². The van der Waals surface area contributed by atoms with Crippen LogP contribution in [-0.2, 0) is 5.54 Å². The van der Waals surface area contributed by atoms with E-state index in [0.29, 0.717) is 28.6 Å². The lowest BCUT2D eigenvalue weighted by atomic mass is 9.97. The van der Waals surface area contributed by atoms with E-state index in [2.05, 4.69) is 29.1 Å². The van der Waals surface area contributed by atoms with E-state index in [1.807, 2.05) is 19.2 Å². The van der Waals surface area contributed by atoms with Gasteiger partial charge in [-0.2, -0.15) is 0 Å². The first kappa shape index (κ1) is 20.4. The highest BCUT2D eigenvalue weighted by molar-refractivity contribution is 5.88. The Morgan fingerprint density at radius 2 is 1.90 bits per heavy atom. The Hall–Kier alpha value is -2.83. The zero-order chi connectivity index (χ0) is 21.8. The molecule has 1 fully saturated rings. The molecule has 2 aromatic heterocycles. The van der Waals surface area contributed by atoms with Gasteiger partial charge in [-0.3, -0.25) is 4.79 Å². The summed E-state index contributed by atoms with van der Waals surface area (Å²) in [6.07, 6.45) is 0.261. The van der Waals surface area contributed by atoms with E-state index in [0.717, 1.165) is 17.4 Å². The first-order valence-electron chi connectivity index (χ1n) is 10.2. The molecule has 3 aromatic rings. The van der Waals surface area contributed by atoms with Crippen LogP contribution >= 0.6 is 0 Å². The minimum Gasteiger partial charge on any atom is -0.363 e. The second-order valence-corrected chi connectivity index (χ2v) is 8.59. The molecule has 0 saturated heterocycles. The highest BCUT2D eigenvalue weighted by Gasteiger charge is 2.48. The zero-order valence-electron chi connectivity index (χ0n) is 17.8. The van der Waals surface area contributed by atoms with Crippen molar-refractivity contribution >= 4 is 16.7 Å². The van der Waals surface area contributed by atoms with Crippen molar-refractivity contribution in [1.29, 1.82) is 0 Å².